The van der Waals surface area contributed by atoms with E-state index in [1.54, 1.807) is 42.5 Å². The predicted molar refractivity (Wildman–Crippen MR) is 129 cm³/mol. The van der Waals surface area contributed by atoms with Crippen molar-refractivity contribution in [3.05, 3.63) is 101 Å². The maximum atomic E-state index is 14.0. The molecule has 0 spiro atoms. The van der Waals surface area contributed by atoms with Crippen LogP contribution in [0.2, 0.25) is 0 Å². The Balaban J connectivity index is 1.59. The Morgan fingerprint density at radius 3 is 2.38 bits per heavy atom. The summed E-state index contributed by atoms with van der Waals surface area (Å²) in [4.78, 5) is 12.7. The molecule has 172 valence electrons. The normalized spacial score (nSPS) is 10.9. The number of hydrogen-bond donors (Lipinski definition) is 1. The van der Waals surface area contributed by atoms with E-state index in [2.05, 4.69) is 10.5 Å². The fourth-order valence-corrected chi connectivity index (χ4v) is 3.46. The number of benzene rings is 4. The Bertz CT molecular complexity index is 1330. The molecule has 0 unspecified atom stereocenters. The van der Waals surface area contributed by atoms with E-state index in [1.807, 2.05) is 30.3 Å². The minimum atomic E-state index is -0.428. The SMILES string of the molecule is COc1cc(OC)cc(C(=O)N/N=C\c2c(OCc3ccccc3F)ccc3ccccc23)c1. The van der Waals surface area contributed by atoms with Crippen molar-refractivity contribution in [3.8, 4) is 17.2 Å². The van der Waals surface area contributed by atoms with Gasteiger partial charge in [-0.15, -0.1) is 0 Å². The van der Waals surface area contributed by atoms with E-state index < -0.39 is 5.91 Å². The van der Waals surface area contributed by atoms with Crippen LogP contribution in [0.5, 0.6) is 17.2 Å². The first-order valence-electron chi connectivity index (χ1n) is 10.5. The molecular formula is C27H23FN2O4. The minimum absolute atomic E-state index is 0.0574. The summed E-state index contributed by atoms with van der Waals surface area (Å²) >= 11 is 0. The van der Waals surface area contributed by atoms with Crippen molar-refractivity contribution in [2.45, 2.75) is 6.61 Å². The summed E-state index contributed by atoms with van der Waals surface area (Å²) in [5.41, 5.74) is 3.97. The second-order valence-corrected chi connectivity index (χ2v) is 7.38. The van der Waals surface area contributed by atoms with Gasteiger partial charge in [-0.2, -0.15) is 5.10 Å². The van der Waals surface area contributed by atoms with Crippen molar-refractivity contribution in [3.63, 3.8) is 0 Å². The van der Waals surface area contributed by atoms with Crippen LogP contribution in [0.15, 0.2) is 84.0 Å². The standard InChI is InChI=1S/C27H23FN2O4/c1-32-21-13-20(14-22(15-21)33-2)27(31)30-29-16-24-23-9-5-3-7-18(23)11-12-26(24)34-17-19-8-4-6-10-25(19)28/h3-16H,17H2,1-2H3,(H,30,31)/b29-16-. The number of nitrogens with zero attached hydrogens (tertiary/aromatic N) is 1. The van der Waals surface area contributed by atoms with E-state index in [9.17, 15) is 9.18 Å². The highest BCUT2D eigenvalue weighted by Gasteiger charge is 2.11. The second-order valence-electron chi connectivity index (χ2n) is 7.38. The van der Waals surface area contributed by atoms with Crippen LogP contribution in [0.4, 0.5) is 4.39 Å². The molecule has 0 bridgehead atoms. The number of halogens is 1. The molecule has 0 aliphatic heterocycles. The number of methoxy groups -OCH3 is 2. The van der Waals surface area contributed by atoms with E-state index in [0.29, 0.717) is 33.9 Å². The Morgan fingerprint density at radius 2 is 1.65 bits per heavy atom. The summed E-state index contributed by atoms with van der Waals surface area (Å²) in [6.45, 7) is 0.0574. The van der Waals surface area contributed by atoms with Gasteiger partial charge in [-0.25, -0.2) is 9.82 Å². The maximum Gasteiger partial charge on any atom is 0.271 e. The third-order valence-corrected chi connectivity index (χ3v) is 5.25. The largest absolute Gasteiger partial charge is 0.497 e. The van der Waals surface area contributed by atoms with Gasteiger partial charge in [-0.05, 0) is 35.0 Å². The van der Waals surface area contributed by atoms with Gasteiger partial charge in [0.15, 0.2) is 0 Å². The first-order valence-corrected chi connectivity index (χ1v) is 10.5. The van der Waals surface area contributed by atoms with Crippen molar-refractivity contribution in [1.82, 2.24) is 5.43 Å². The zero-order valence-corrected chi connectivity index (χ0v) is 18.7. The van der Waals surface area contributed by atoms with Gasteiger partial charge in [0, 0.05) is 22.8 Å². The molecule has 0 aliphatic carbocycles. The van der Waals surface area contributed by atoms with Crippen LogP contribution in [-0.4, -0.2) is 26.3 Å². The van der Waals surface area contributed by atoms with Crippen molar-refractivity contribution in [2.24, 2.45) is 5.10 Å². The number of amides is 1. The summed E-state index contributed by atoms with van der Waals surface area (Å²) in [5, 5.41) is 6.01. The van der Waals surface area contributed by atoms with E-state index in [1.165, 1.54) is 26.5 Å². The Hall–Kier alpha value is -4.39. The first-order chi connectivity index (χ1) is 16.6. The van der Waals surface area contributed by atoms with Gasteiger partial charge in [0.05, 0.1) is 20.4 Å². The molecule has 7 heteroatoms. The smallest absolute Gasteiger partial charge is 0.271 e. The molecule has 0 atom stereocenters. The highest BCUT2D eigenvalue weighted by molar-refractivity contribution is 6.03. The minimum Gasteiger partial charge on any atom is -0.497 e. The zero-order chi connectivity index (χ0) is 23.9. The highest BCUT2D eigenvalue weighted by Crippen LogP contribution is 2.28. The Morgan fingerprint density at radius 1 is 0.941 bits per heavy atom. The summed E-state index contributed by atoms with van der Waals surface area (Å²) in [5.74, 6) is 0.739. The van der Waals surface area contributed by atoms with E-state index in [0.717, 1.165) is 10.8 Å². The van der Waals surface area contributed by atoms with Gasteiger partial charge < -0.3 is 14.2 Å². The molecule has 0 heterocycles. The van der Waals surface area contributed by atoms with Gasteiger partial charge in [0.2, 0.25) is 0 Å². The lowest BCUT2D eigenvalue weighted by atomic mass is 10.0. The Kier molecular flexibility index (Phi) is 7.03. The second kappa shape index (κ2) is 10.5. The highest BCUT2D eigenvalue weighted by atomic mass is 19.1. The molecule has 0 saturated heterocycles. The van der Waals surface area contributed by atoms with Gasteiger partial charge in [0.25, 0.3) is 5.91 Å². The van der Waals surface area contributed by atoms with Gasteiger partial charge in [0.1, 0.15) is 29.7 Å². The number of carbonyl (C=O) groups is 1. The van der Waals surface area contributed by atoms with Crippen LogP contribution in [0.25, 0.3) is 10.8 Å². The monoisotopic (exact) mass is 458 g/mol. The number of rotatable bonds is 8. The van der Waals surface area contributed by atoms with Gasteiger partial charge in [-0.3, -0.25) is 4.79 Å². The first kappa shape index (κ1) is 22.8. The molecule has 4 rings (SSSR count). The van der Waals surface area contributed by atoms with Crippen molar-refractivity contribution < 1.29 is 23.4 Å². The summed E-state index contributed by atoms with van der Waals surface area (Å²) in [7, 11) is 3.02. The molecule has 0 aromatic heterocycles. The van der Waals surface area contributed by atoms with Crippen LogP contribution in [0.3, 0.4) is 0 Å². The lowest BCUT2D eigenvalue weighted by Crippen LogP contribution is -2.18. The quantitative estimate of drug-likeness (QED) is 0.286. The number of hydrogen-bond acceptors (Lipinski definition) is 5. The topological polar surface area (TPSA) is 69.2 Å². The van der Waals surface area contributed by atoms with E-state index in [4.69, 9.17) is 14.2 Å². The lowest BCUT2D eigenvalue weighted by molar-refractivity contribution is 0.0954. The van der Waals surface area contributed by atoms with Gasteiger partial charge >= 0.3 is 0 Å². The number of nitrogens with one attached hydrogen (secondary N) is 1. The number of ether oxygens (including phenoxy) is 3. The van der Waals surface area contributed by atoms with Crippen molar-refractivity contribution >= 4 is 22.9 Å². The third-order valence-electron chi connectivity index (χ3n) is 5.25. The molecule has 0 radical (unpaired) electrons. The fraction of sp³-hybridized carbons (Fsp3) is 0.111. The number of carbonyl (C=O) groups excluding carboxylic acids is 1. The van der Waals surface area contributed by atoms with Crippen molar-refractivity contribution in [2.75, 3.05) is 14.2 Å². The summed E-state index contributed by atoms with van der Waals surface area (Å²) in [6.07, 6.45) is 1.52. The summed E-state index contributed by atoms with van der Waals surface area (Å²) < 4.78 is 30.4. The molecule has 34 heavy (non-hydrogen) atoms. The number of hydrazone groups is 1. The molecule has 1 N–H and O–H groups in total. The van der Waals surface area contributed by atoms with Crippen LogP contribution in [0, 0.1) is 5.82 Å². The van der Waals surface area contributed by atoms with E-state index >= 15 is 0 Å². The van der Waals surface area contributed by atoms with Crippen LogP contribution in [-0.2, 0) is 6.61 Å². The molecule has 1 amide bonds. The summed E-state index contributed by atoms with van der Waals surface area (Å²) in [6, 6.07) is 22.8. The molecule has 4 aromatic carbocycles. The molecule has 0 fully saturated rings. The molecule has 6 nitrogen and oxygen atoms in total. The predicted octanol–water partition coefficient (Wildman–Crippen LogP) is 5.34. The molecule has 0 saturated carbocycles. The number of fused-ring (bicyclic) bond motifs is 1. The average Bonchev–Trinajstić information content (AvgIpc) is 2.88. The van der Waals surface area contributed by atoms with Crippen LogP contribution < -0.4 is 19.6 Å². The molecule has 0 aliphatic rings. The van der Waals surface area contributed by atoms with Crippen LogP contribution in [0.1, 0.15) is 21.5 Å². The van der Waals surface area contributed by atoms with E-state index in [-0.39, 0.29) is 12.4 Å². The van der Waals surface area contributed by atoms with Crippen LogP contribution >= 0.6 is 0 Å². The Labute approximate surface area is 196 Å². The lowest BCUT2D eigenvalue weighted by Gasteiger charge is -2.12. The molecule has 4 aromatic rings. The average molecular weight is 458 g/mol. The fourth-order valence-electron chi connectivity index (χ4n) is 3.46. The third kappa shape index (κ3) is 5.15. The maximum absolute atomic E-state index is 14.0. The molecular weight excluding hydrogens is 435 g/mol. The zero-order valence-electron chi connectivity index (χ0n) is 18.7. The van der Waals surface area contributed by atoms with Gasteiger partial charge in [-0.1, -0.05) is 48.5 Å². The van der Waals surface area contributed by atoms with Crippen molar-refractivity contribution in [1.29, 1.82) is 0 Å².